The molecule has 2 rings (SSSR count). The third-order valence-corrected chi connectivity index (χ3v) is 3.34. The molecule has 0 unspecified atom stereocenters. The Balaban J connectivity index is 2.16. The van der Waals surface area contributed by atoms with Gasteiger partial charge < -0.3 is 10.1 Å². The molecule has 0 saturated heterocycles. The van der Waals surface area contributed by atoms with Gasteiger partial charge in [-0.05, 0) is 37.6 Å². The van der Waals surface area contributed by atoms with Crippen LogP contribution in [0.1, 0.15) is 16.7 Å². The van der Waals surface area contributed by atoms with Crippen molar-refractivity contribution in [2.24, 2.45) is 0 Å². The average Bonchev–Trinajstić information content (AvgIpc) is 2.38. The molecule has 0 aliphatic heterocycles. The number of ether oxygens (including phenoxy) is 1. The highest BCUT2D eigenvalue weighted by Crippen LogP contribution is 2.25. The van der Waals surface area contributed by atoms with Crippen molar-refractivity contribution in [1.29, 1.82) is 0 Å². The van der Waals surface area contributed by atoms with Crippen molar-refractivity contribution in [3.63, 3.8) is 0 Å². The summed E-state index contributed by atoms with van der Waals surface area (Å²) in [5, 5.41) is 4.09. The highest BCUT2D eigenvalue weighted by atomic mass is 35.5. The van der Waals surface area contributed by atoms with Crippen LogP contribution in [0, 0.1) is 13.8 Å². The molecule has 0 amide bonds. The minimum absolute atomic E-state index is 0.688. The molecule has 0 heterocycles. The Morgan fingerprint density at radius 3 is 2.42 bits per heavy atom. The summed E-state index contributed by atoms with van der Waals surface area (Å²) in [5.74, 6) is 0.890. The summed E-state index contributed by atoms with van der Waals surface area (Å²) in [5.41, 5.74) is 4.44. The van der Waals surface area contributed by atoms with Crippen molar-refractivity contribution in [2.45, 2.75) is 20.4 Å². The minimum Gasteiger partial charge on any atom is -0.496 e. The number of halogens is 1. The van der Waals surface area contributed by atoms with Crippen LogP contribution < -0.4 is 10.1 Å². The van der Waals surface area contributed by atoms with Crippen LogP contribution in [0.5, 0.6) is 5.75 Å². The lowest BCUT2D eigenvalue weighted by Gasteiger charge is -2.12. The van der Waals surface area contributed by atoms with Crippen LogP contribution in [0.3, 0.4) is 0 Å². The van der Waals surface area contributed by atoms with E-state index in [1.807, 2.05) is 37.3 Å². The molecular weight excluding hydrogens is 258 g/mol. The van der Waals surface area contributed by atoms with Gasteiger partial charge in [-0.15, -0.1) is 0 Å². The maximum absolute atomic E-state index is 6.21. The second-order valence-corrected chi connectivity index (χ2v) is 5.06. The summed E-state index contributed by atoms with van der Waals surface area (Å²) in [6, 6.07) is 12.2. The number of benzene rings is 2. The zero-order valence-electron chi connectivity index (χ0n) is 11.5. The van der Waals surface area contributed by atoms with Crippen LogP contribution in [-0.2, 0) is 6.54 Å². The van der Waals surface area contributed by atoms with Gasteiger partial charge in [0, 0.05) is 12.1 Å². The number of nitrogens with one attached hydrogen (secondary N) is 1. The molecule has 2 aromatic rings. The lowest BCUT2D eigenvalue weighted by Crippen LogP contribution is -2.02. The van der Waals surface area contributed by atoms with E-state index in [2.05, 4.69) is 18.3 Å². The molecule has 0 radical (unpaired) electrons. The number of aryl methyl sites for hydroxylation is 2. The van der Waals surface area contributed by atoms with Crippen LogP contribution in [0.4, 0.5) is 5.69 Å². The van der Waals surface area contributed by atoms with Crippen LogP contribution >= 0.6 is 11.6 Å². The van der Waals surface area contributed by atoms with Crippen molar-refractivity contribution >= 4 is 17.3 Å². The van der Waals surface area contributed by atoms with Gasteiger partial charge in [0.25, 0.3) is 0 Å². The molecular formula is C16H18ClNO. The van der Waals surface area contributed by atoms with E-state index in [1.54, 1.807) is 7.11 Å². The van der Waals surface area contributed by atoms with E-state index in [-0.39, 0.29) is 0 Å². The number of hydrogen-bond acceptors (Lipinski definition) is 2. The second kappa shape index (κ2) is 5.98. The van der Waals surface area contributed by atoms with Gasteiger partial charge in [0.05, 0.1) is 17.8 Å². The van der Waals surface area contributed by atoms with Gasteiger partial charge in [0.15, 0.2) is 0 Å². The molecule has 3 heteroatoms. The highest BCUT2D eigenvalue weighted by Gasteiger charge is 2.05. The smallest absolute Gasteiger partial charge is 0.123 e. The molecule has 0 spiro atoms. The Labute approximate surface area is 119 Å². The first-order valence-electron chi connectivity index (χ1n) is 6.23. The molecule has 2 nitrogen and oxygen atoms in total. The molecule has 0 saturated carbocycles. The maximum Gasteiger partial charge on any atom is 0.123 e. The zero-order chi connectivity index (χ0) is 13.8. The fourth-order valence-corrected chi connectivity index (χ4v) is 2.30. The van der Waals surface area contributed by atoms with E-state index >= 15 is 0 Å². The number of methoxy groups -OCH3 is 1. The third kappa shape index (κ3) is 3.42. The van der Waals surface area contributed by atoms with Crippen molar-refractivity contribution in [3.05, 3.63) is 58.1 Å². The topological polar surface area (TPSA) is 21.3 Å². The summed E-state index contributed by atoms with van der Waals surface area (Å²) in [6.45, 7) is 4.79. The molecule has 0 aliphatic carbocycles. The summed E-state index contributed by atoms with van der Waals surface area (Å²) in [7, 11) is 1.69. The normalized spacial score (nSPS) is 10.3. The zero-order valence-corrected chi connectivity index (χ0v) is 12.2. The fourth-order valence-electron chi connectivity index (χ4n) is 2.00. The Morgan fingerprint density at radius 2 is 1.74 bits per heavy atom. The monoisotopic (exact) mass is 275 g/mol. The average molecular weight is 276 g/mol. The SMILES string of the molecule is COc1ccc(C)cc1CNc1ccc(C)cc1Cl. The van der Waals surface area contributed by atoms with Gasteiger partial charge in [-0.3, -0.25) is 0 Å². The van der Waals surface area contributed by atoms with Crippen molar-refractivity contribution in [3.8, 4) is 5.75 Å². The van der Waals surface area contributed by atoms with Gasteiger partial charge in [0.1, 0.15) is 5.75 Å². The minimum atomic E-state index is 0.688. The van der Waals surface area contributed by atoms with Crippen LogP contribution in [0.25, 0.3) is 0 Å². The van der Waals surface area contributed by atoms with Gasteiger partial charge in [-0.25, -0.2) is 0 Å². The van der Waals surface area contributed by atoms with Crippen molar-refractivity contribution < 1.29 is 4.74 Å². The van der Waals surface area contributed by atoms with Gasteiger partial charge >= 0.3 is 0 Å². The van der Waals surface area contributed by atoms with Crippen molar-refractivity contribution in [1.82, 2.24) is 0 Å². The number of anilines is 1. The van der Waals surface area contributed by atoms with E-state index in [4.69, 9.17) is 16.3 Å². The summed E-state index contributed by atoms with van der Waals surface area (Å²) in [4.78, 5) is 0. The first-order valence-corrected chi connectivity index (χ1v) is 6.61. The lowest BCUT2D eigenvalue weighted by atomic mass is 10.1. The standard InChI is InChI=1S/C16H18ClNO/c1-11-5-7-16(19-3)13(8-11)10-18-15-6-4-12(2)9-14(15)17/h4-9,18H,10H2,1-3H3. The third-order valence-electron chi connectivity index (χ3n) is 3.03. The van der Waals surface area contributed by atoms with E-state index in [0.717, 1.165) is 27.6 Å². The number of rotatable bonds is 4. The Morgan fingerprint density at radius 1 is 1.05 bits per heavy atom. The van der Waals surface area contributed by atoms with Gasteiger partial charge in [-0.2, -0.15) is 0 Å². The summed E-state index contributed by atoms with van der Waals surface area (Å²) < 4.78 is 5.37. The second-order valence-electron chi connectivity index (χ2n) is 4.65. The van der Waals surface area contributed by atoms with E-state index in [9.17, 15) is 0 Å². The first kappa shape index (κ1) is 13.8. The van der Waals surface area contributed by atoms with Crippen LogP contribution in [0.15, 0.2) is 36.4 Å². The predicted octanol–water partition coefficient (Wildman–Crippen LogP) is 4.58. The summed E-state index contributed by atoms with van der Waals surface area (Å²) >= 11 is 6.21. The maximum atomic E-state index is 6.21. The summed E-state index contributed by atoms with van der Waals surface area (Å²) in [6.07, 6.45) is 0. The highest BCUT2D eigenvalue weighted by molar-refractivity contribution is 6.33. The van der Waals surface area contributed by atoms with Gasteiger partial charge in [-0.1, -0.05) is 35.4 Å². The Hall–Kier alpha value is -1.67. The lowest BCUT2D eigenvalue weighted by molar-refractivity contribution is 0.410. The molecule has 100 valence electrons. The number of hydrogen-bond donors (Lipinski definition) is 1. The van der Waals surface area contributed by atoms with E-state index < -0.39 is 0 Å². The van der Waals surface area contributed by atoms with E-state index in [1.165, 1.54) is 5.56 Å². The molecule has 0 atom stereocenters. The molecule has 0 aromatic heterocycles. The molecule has 2 aromatic carbocycles. The van der Waals surface area contributed by atoms with Gasteiger partial charge in [0.2, 0.25) is 0 Å². The molecule has 0 bridgehead atoms. The van der Waals surface area contributed by atoms with Crippen molar-refractivity contribution in [2.75, 3.05) is 12.4 Å². The van der Waals surface area contributed by atoms with E-state index in [0.29, 0.717) is 6.54 Å². The Bertz CT molecular complexity index is 581. The molecule has 0 fully saturated rings. The Kier molecular flexibility index (Phi) is 4.33. The molecule has 19 heavy (non-hydrogen) atoms. The fraction of sp³-hybridized carbons (Fsp3) is 0.250. The molecule has 1 N–H and O–H groups in total. The van der Waals surface area contributed by atoms with Crippen LogP contribution in [0.2, 0.25) is 5.02 Å². The molecule has 0 aliphatic rings. The quantitative estimate of drug-likeness (QED) is 0.882. The first-order chi connectivity index (χ1) is 9.10. The van der Waals surface area contributed by atoms with Crippen LogP contribution in [-0.4, -0.2) is 7.11 Å². The predicted molar refractivity (Wildman–Crippen MR) is 81.2 cm³/mol. The largest absolute Gasteiger partial charge is 0.496 e.